The van der Waals surface area contributed by atoms with Crippen LogP contribution >= 0.6 is 12.6 Å². The Balaban J connectivity index is 1.39. The highest BCUT2D eigenvalue weighted by atomic mass is 32.1. The number of carbonyl (C=O) groups is 2. The molecule has 1 aromatic carbocycles. The molecule has 1 heterocycles. The number of aliphatic hydroxyl groups is 1. The Morgan fingerprint density at radius 3 is 2.64 bits per heavy atom. The quantitative estimate of drug-likeness (QED) is 0.384. The molecule has 4 aliphatic carbocycles. The molecule has 8 heteroatoms. The van der Waals surface area contributed by atoms with E-state index in [1.807, 2.05) is 17.8 Å². The lowest BCUT2D eigenvalue weighted by Crippen LogP contribution is -2.63. The van der Waals surface area contributed by atoms with Crippen molar-refractivity contribution >= 4 is 29.8 Å². The molecule has 0 saturated heterocycles. The molecule has 6 nitrogen and oxygen atoms in total. The van der Waals surface area contributed by atoms with Crippen LogP contribution in [0.25, 0.3) is 11.8 Å². The molecule has 1 aromatic heterocycles. The molecule has 0 spiro atoms. The second kappa shape index (κ2) is 9.03. The highest BCUT2D eigenvalue weighted by Gasteiger charge is 2.70. The fourth-order valence-electron chi connectivity index (χ4n) is 9.23. The predicted octanol–water partition coefficient (Wildman–Crippen LogP) is 5.56. The first-order valence-corrected chi connectivity index (χ1v) is 14.6. The smallest absolute Gasteiger partial charge is 0.306 e. The minimum Gasteiger partial charge on any atom is -0.449 e. The Morgan fingerprint density at radius 1 is 1.26 bits per heavy atom. The van der Waals surface area contributed by atoms with Gasteiger partial charge in [0.15, 0.2) is 5.60 Å². The second-order valence-electron chi connectivity index (χ2n) is 12.8. The first-order chi connectivity index (χ1) is 18.4. The number of esters is 1. The lowest BCUT2D eigenvalue weighted by Gasteiger charge is -2.61. The van der Waals surface area contributed by atoms with Crippen molar-refractivity contribution in [2.45, 2.75) is 77.9 Å². The van der Waals surface area contributed by atoms with Crippen molar-refractivity contribution in [1.29, 1.82) is 0 Å². The maximum atomic E-state index is 13.6. The molecule has 1 unspecified atom stereocenters. The summed E-state index contributed by atoms with van der Waals surface area (Å²) in [7, 11) is 0. The third-order valence-corrected chi connectivity index (χ3v) is 11.2. The molecule has 0 bridgehead atoms. The summed E-state index contributed by atoms with van der Waals surface area (Å²) >= 11 is 4.25. The monoisotopic (exact) mass is 552 g/mol. The van der Waals surface area contributed by atoms with Gasteiger partial charge in [-0.15, -0.1) is 12.6 Å². The van der Waals surface area contributed by atoms with Gasteiger partial charge in [-0.2, -0.15) is 5.10 Å². The van der Waals surface area contributed by atoms with E-state index in [1.165, 1.54) is 17.7 Å². The van der Waals surface area contributed by atoms with E-state index in [-0.39, 0.29) is 41.3 Å². The van der Waals surface area contributed by atoms with Crippen molar-refractivity contribution in [3.8, 4) is 5.69 Å². The summed E-state index contributed by atoms with van der Waals surface area (Å²) in [5.74, 6) is -0.0993. The van der Waals surface area contributed by atoms with Gasteiger partial charge in [-0.1, -0.05) is 33.3 Å². The summed E-state index contributed by atoms with van der Waals surface area (Å²) < 4.78 is 21.4. The number of hydrogen-bond donors (Lipinski definition) is 2. The van der Waals surface area contributed by atoms with E-state index in [2.05, 4.69) is 37.7 Å². The molecule has 39 heavy (non-hydrogen) atoms. The molecule has 3 fully saturated rings. The molecule has 6 rings (SSSR count). The number of allylic oxidation sites excluding steroid dienone is 1. The summed E-state index contributed by atoms with van der Waals surface area (Å²) in [5, 5.41) is 16.2. The van der Waals surface area contributed by atoms with Gasteiger partial charge in [0.05, 0.1) is 23.7 Å². The molecule has 3 saturated carbocycles. The van der Waals surface area contributed by atoms with Crippen LogP contribution in [0, 0.1) is 40.3 Å². The summed E-state index contributed by atoms with van der Waals surface area (Å²) in [6.45, 7) is 8.29. The highest BCUT2D eigenvalue weighted by molar-refractivity contribution is 7.96. The Labute approximate surface area is 234 Å². The summed E-state index contributed by atoms with van der Waals surface area (Å²) in [6.07, 6.45) is 6.92. The predicted molar refractivity (Wildman–Crippen MR) is 149 cm³/mol. The van der Waals surface area contributed by atoms with Gasteiger partial charge in [0, 0.05) is 11.8 Å². The fraction of sp³-hybridized carbons (Fsp3) is 0.581. The standard InChI is InChI=1S/C31H37FN2O4S/c1-5-26(36)38-31(28(37)39)11-10-22-21-12-17(2)23-13-24-18(16-33-34(24)20-8-6-19(32)7-9-20)14-29(23,3)27(21)25(35)15-30(22,31)4/h6-9,13,16-17,21-22,25,27,35H,5,10-12,14-15H2,1-4H3,(H,37,39)/t17-,21-,22-,25?,27+,29-,30-,31+/m0/s1. The van der Waals surface area contributed by atoms with Gasteiger partial charge >= 0.3 is 5.97 Å². The summed E-state index contributed by atoms with van der Waals surface area (Å²) in [4.78, 5) is 25.5. The number of carbonyl (C=O) groups excluding carboxylic acids is 2. The van der Waals surface area contributed by atoms with Gasteiger partial charge in [-0.3, -0.25) is 9.59 Å². The van der Waals surface area contributed by atoms with Crippen molar-refractivity contribution in [2.24, 2.45) is 34.5 Å². The van der Waals surface area contributed by atoms with Crippen LogP contribution in [-0.4, -0.2) is 37.7 Å². The molecule has 4 aliphatic rings. The Morgan fingerprint density at radius 2 is 1.97 bits per heavy atom. The van der Waals surface area contributed by atoms with E-state index in [0.717, 1.165) is 36.2 Å². The Bertz CT molecular complexity index is 1370. The number of benzene rings is 1. The van der Waals surface area contributed by atoms with Gasteiger partial charge in [-0.25, -0.2) is 9.07 Å². The maximum absolute atomic E-state index is 13.6. The van der Waals surface area contributed by atoms with Crippen molar-refractivity contribution in [1.82, 2.24) is 9.78 Å². The van der Waals surface area contributed by atoms with Crippen molar-refractivity contribution in [2.75, 3.05) is 0 Å². The number of ether oxygens (including phenoxy) is 1. The van der Waals surface area contributed by atoms with E-state index in [9.17, 15) is 19.1 Å². The fourth-order valence-corrected chi connectivity index (χ4v) is 9.64. The van der Waals surface area contributed by atoms with Crippen LogP contribution < -0.4 is 0 Å². The Hall–Kier alpha value is -2.45. The largest absolute Gasteiger partial charge is 0.449 e. The normalized spacial score (nSPS) is 38.6. The molecule has 0 aliphatic heterocycles. The van der Waals surface area contributed by atoms with Crippen molar-refractivity contribution < 1.29 is 23.8 Å². The second-order valence-corrected chi connectivity index (χ2v) is 13.2. The summed E-state index contributed by atoms with van der Waals surface area (Å²) in [5.41, 5.74) is 1.99. The van der Waals surface area contributed by atoms with E-state index >= 15 is 0 Å². The molecule has 1 N–H and O–H groups in total. The average molecular weight is 553 g/mol. The van der Waals surface area contributed by atoms with Crippen LogP contribution in [0.2, 0.25) is 0 Å². The molecule has 0 amide bonds. The SMILES string of the molecule is CCC(=O)O[C@@]1(C(=O)S)CC[C@H]2[C@@H]3C[C@H](C)C4=Cc5c(cnn5-c5ccc(F)cc5)C[C@]4(C)[C@H]3C(O)C[C@@]21C. The number of aromatic nitrogens is 2. The van der Waals surface area contributed by atoms with Crippen LogP contribution in [0.4, 0.5) is 4.39 Å². The van der Waals surface area contributed by atoms with Gasteiger partial charge in [0.2, 0.25) is 5.12 Å². The van der Waals surface area contributed by atoms with Crippen LogP contribution in [-0.2, 0) is 20.7 Å². The van der Waals surface area contributed by atoms with Crippen LogP contribution in [0.5, 0.6) is 0 Å². The number of halogens is 1. The first-order valence-electron chi connectivity index (χ1n) is 14.1. The molecule has 208 valence electrons. The molecule has 2 aromatic rings. The van der Waals surface area contributed by atoms with Crippen molar-refractivity contribution in [3.63, 3.8) is 0 Å². The van der Waals surface area contributed by atoms with Gasteiger partial charge in [0.25, 0.3) is 0 Å². The minimum absolute atomic E-state index is 0.00745. The maximum Gasteiger partial charge on any atom is 0.306 e. The van der Waals surface area contributed by atoms with E-state index in [0.29, 0.717) is 12.8 Å². The van der Waals surface area contributed by atoms with Crippen LogP contribution in [0.15, 0.2) is 36.0 Å². The minimum atomic E-state index is -1.31. The third-order valence-electron chi connectivity index (χ3n) is 10.9. The van der Waals surface area contributed by atoms with Crippen LogP contribution in [0.3, 0.4) is 0 Å². The van der Waals surface area contributed by atoms with E-state index in [4.69, 9.17) is 4.74 Å². The number of nitrogens with zero attached hydrogens (tertiary/aromatic N) is 2. The lowest BCUT2D eigenvalue weighted by molar-refractivity contribution is -0.197. The molecular formula is C31H37FN2O4S. The third kappa shape index (κ3) is 3.66. The lowest BCUT2D eigenvalue weighted by atomic mass is 9.44. The number of fused-ring (bicyclic) bond motifs is 6. The van der Waals surface area contributed by atoms with E-state index < -0.39 is 28.2 Å². The zero-order valence-corrected chi connectivity index (χ0v) is 23.9. The number of aliphatic hydroxyl groups excluding tert-OH is 1. The number of hydrogen-bond acceptors (Lipinski definition) is 5. The van der Waals surface area contributed by atoms with Gasteiger partial charge in [0.1, 0.15) is 5.82 Å². The molecular weight excluding hydrogens is 515 g/mol. The molecule has 0 radical (unpaired) electrons. The zero-order valence-electron chi connectivity index (χ0n) is 23.0. The highest BCUT2D eigenvalue weighted by Crippen LogP contribution is 2.69. The first kappa shape index (κ1) is 26.8. The van der Waals surface area contributed by atoms with Gasteiger partial charge < -0.3 is 9.84 Å². The summed E-state index contributed by atoms with van der Waals surface area (Å²) in [6, 6.07) is 6.37. The van der Waals surface area contributed by atoms with E-state index in [1.54, 1.807) is 19.1 Å². The van der Waals surface area contributed by atoms with Crippen LogP contribution in [0.1, 0.15) is 71.1 Å². The van der Waals surface area contributed by atoms with Gasteiger partial charge in [-0.05, 0) is 97.1 Å². The topological polar surface area (TPSA) is 81.4 Å². The zero-order chi connectivity index (χ0) is 27.9. The number of thiol groups is 1. The van der Waals surface area contributed by atoms with Crippen molar-refractivity contribution in [3.05, 3.63) is 53.1 Å². The number of rotatable bonds is 4. The Kier molecular flexibility index (Phi) is 6.20. The molecule has 8 atom stereocenters. The average Bonchev–Trinajstić information content (AvgIpc) is 3.41.